The molecular weight excluding hydrogens is 671 g/mol. The maximum absolute atomic E-state index is 11.3. The predicted molar refractivity (Wildman–Crippen MR) is 224 cm³/mol. The Morgan fingerprint density at radius 3 is 0.982 bits per heavy atom. The second-order valence-electron chi connectivity index (χ2n) is 14.0. The maximum Gasteiger partial charge on any atom is 0.104 e. The molecule has 0 aliphatic rings. The Bertz CT molecular complexity index is 3170. The van der Waals surface area contributed by atoms with E-state index in [9.17, 15) is 10.5 Å². The zero-order valence-electron chi connectivity index (χ0n) is 29.5. The molecule has 5 nitrogen and oxygen atoms in total. The lowest BCUT2D eigenvalue weighted by Crippen LogP contribution is -2.06. The SMILES string of the molecule is N#Cc1ccc(-n2c3ccccc3c3ccccc32)c(-c2cc(-n3c4ccccc4c4ccccc43)c(C#N)c(-n3c4ccccc4c4ccccc43)c2)c1. The minimum absolute atomic E-state index is 0.552. The summed E-state index contributed by atoms with van der Waals surface area (Å²) < 4.78 is 6.77. The van der Waals surface area contributed by atoms with Crippen molar-refractivity contribution in [3.63, 3.8) is 0 Å². The van der Waals surface area contributed by atoms with Crippen LogP contribution in [-0.4, -0.2) is 13.7 Å². The molecule has 0 spiro atoms. The van der Waals surface area contributed by atoms with Gasteiger partial charge in [0.25, 0.3) is 0 Å². The summed E-state index contributed by atoms with van der Waals surface area (Å²) in [5.41, 5.74) is 11.6. The number of aromatic nitrogens is 3. The highest BCUT2D eigenvalue weighted by molar-refractivity contribution is 6.12. The molecule has 11 rings (SSSR count). The van der Waals surface area contributed by atoms with Crippen molar-refractivity contribution in [2.45, 2.75) is 0 Å². The Morgan fingerprint density at radius 2 is 0.655 bits per heavy atom. The van der Waals surface area contributed by atoms with Crippen LogP contribution >= 0.6 is 0 Å². The molecule has 3 heterocycles. The lowest BCUT2D eigenvalue weighted by atomic mass is 9.96. The van der Waals surface area contributed by atoms with Crippen molar-refractivity contribution in [1.29, 1.82) is 10.5 Å². The molecule has 0 atom stereocenters. The van der Waals surface area contributed by atoms with Gasteiger partial charge in [-0.15, -0.1) is 0 Å². The van der Waals surface area contributed by atoms with Gasteiger partial charge < -0.3 is 13.7 Å². The van der Waals surface area contributed by atoms with E-state index in [4.69, 9.17) is 0 Å². The molecule has 0 saturated carbocycles. The Hall–Kier alpha value is -7.86. The first kappa shape index (κ1) is 30.7. The molecule has 0 saturated heterocycles. The normalized spacial score (nSPS) is 11.6. The van der Waals surface area contributed by atoms with Crippen molar-refractivity contribution in [3.05, 3.63) is 187 Å². The fourth-order valence-corrected chi connectivity index (χ4v) is 8.81. The molecule has 0 aliphatic heterocycles. The van der Waals surface area contributed by atoms with Crippen LogP contribution in [0.4, 0.5) is 0 Å². The Morgan fingerprint density at radius 1 is 0.327 bits per heavy atom. The molecule has 11 aromatic rings. The molecule has 0 aliphatic carbocycles. The molecule has 254 valence electrons. The predicted octanol–water partition coefficient (Wildman–Crippen LogP) is 12.4. The van der Waals surface area contributed by atoms with Crippen molar-refractivity contribution in [3.8, 4) is 40.3 Å². The quantitative estimate of drug-likeness (QED) is 0.184. The van der Waals surface area contributed by atoms with Gasteiger partial charge in [0.15, 0.2) is 0 Å². The van der Waals surface area contributed by atoms with Gasteiger partial charge in [-0.3, -0.25) is 0 Å². The van der Waals surface area contributed by atoms with Crippen molar-refractivity contribution >= 4 is 65.4 Å². The highest BCUT2D eigenvalue weighted by Crippen LogP contribution is 2.42. The molecule has 5 heteroatoms. The number of benzene rings is 8. The number of para-hydroxylation sites is 6. The summed E-state index contributed by atoms with van der Waals surface area (Å²) in [5.74, 6) is 0. The molecule has 0 unspecified atom stereocenters. The molecular formula is C50H29N5. The zero-order valence-corrected chi connectivity index (χ0v) is 29.5. The van der Waals surface area contributed by atoms with Gasteiger partial charge in [0.1, 0.15) is 11.6 Å². The number of hydrogen-bond donors (Lipinski definition) is 0. The van der Waals surface area contributed by atoms with E-state index in [1.54, 1.807) is 0 Å². The van der Waals surface area contributed by atoms with Crippen LogP contribution in [0.2, 0.25) is 0 Å². The third-order valence-corrected chi connectivity index (χ3v) is 11.1. The van der Waals surface area contributed by atoms with Crippen molar-refractivity contribution in [1.82, 2.24) is 13.7 Å². The third kappa shape index (κ3) is 4.39. The molecule has 0 radical (unpaired) electrons. The summed E-state index contributed by atoms with van der Waals surface area (Å²) in [4.78, 5) is 0. The summed E-state index contributed by atoms with van der Waals surface area (Å²) in [6.07, 6.45) is 0. The van der Waals surface area contributed by atoms with E-state index in [0.717, 1.165) is 93.6 Å². The van der Waals surface area contributed by atoms with Gasteiger partial charge >= 0.3 is 0 Å². The number of nitrogens with zero attached hydrogens (tertiary/aromatic N) is 5. The molecule has 55 heavy (non-hydrogen) atoms. The van der Waals surface area contributed by atoms with Crippen LogP contribution in [0.3, 0.4) is 0 Å². The average Bonchev–Trinajstić information content (AvgIpc) is 3.89. The topological polar surface area (TPSA) is 62.4 Å². The molecule has 0 bridgehead atoms. The number of hydrogen-bond acceptors (Lipinski definition) is 2. The number of nitriles is 2. The highest BCUT2D eigenvalue weighted by Gasteiger charge is 2.24. The van der Waals surface area contributed by atoms with Gasteiger partial charge in [0.2, 0.25) is 0 Å². The van der Waals surface area contributed by atoms with Gasteiger partial charge in [0, 0.05) is 37.9 Å². The van der Waals surface area contributed by atoms with E-state index in [-0.39, 0.29) is 0 Å². The Labute approximate surface area is 316 Å². The van der Waals surface area contributed by atoms with Gasteiger partial charge in [-0.2, -0.15) is 10.5 Å². The second kappa shape index (κ2) is 11.8. The fourth-order valence-electron chi connectivity index (χ4n) is 8.81. The minimum Gasteiger partial charge on any atom is -0.309 e. The molecule has 0 fully saturated rings. The standard InChI is InChI=1S/C50H29N5/c51-30-32-25-26-48(53-42-19-7-1-13-34(42)35-14-2-8-20-43(35)53)40(27-32)33-28-49(54-44-21-9-3-15-36(44)37-16-4-10-22-45(37)54)41(31-52)50(29-33)55-46-23-11-5-17-38(46)39-18-6-12-24-47(39)55/h1-29H. The van der Waals surface area contributed by atoms with E-state index >= 15 is 0 Å². The Balaban J connectivity index is 1.33. The molecule has 0 N–H and O–H groups in total. The van der Waals surface area contributed by atoms with Crippen molar-refractivity contribution in [2.24, 2.45) is 0 Å². The summed E-state index contributed by atoms with van der Waals surface area (Å²) in [7, 11) is 0. The molecule has 3 aromatic heterocycles. The first-order valence-corrected chi connectivity index (χ1v) is 18.3. The first-order chi connectivity index (χ1) is 27.2. The summed E-state index contributed by atoms with van der Waals surface area (Å²) in [6, 6.07) is 65.9. The van der Waals surface area contributed by atoms with E-state index in [2.05, 4.69) is 190 Å². The van der Waals surface area contributed by atoms with Gasteiger partial charge in [-0.1, -0.05) is 109 Å². The highest BCUT2D eigenvalue weighted by atomic mass is 15.0. The van der Waals surface area contributed by atoms with E-state index in [1.165, 1.54) is 0 Å². The van der Waals surface area contributed by atoms with E-state index < -0.39 is 0 Å². The minimum atomic E-state index is 0.552. The van der Waals surface area contributed by atoms with E-state index in [1.807, 2.05) is 12.1 Å². The van der Waals surface area contributed by atoms with Crippen molar-refractivity contribution in [2.75, 3.05) is 0 Å². The fraction of sp³-hybridized carbons (Fsp3) is 0. The number of fused-ring (bicyclic) bond motifs is 9. The summed E-state index contributed by atoms with van der Waals surface area (Å²) in [6.45, 7) is 0. The lowest BCUT2D eigenvalue weighted by molar-refractivity contribution is 1.12. The van der Waals surface area contributed by atoms with Crippen molar-refractivity contribution < 1.29 is 0 Å². The van der Waals surface area contributed by atoms with Gasteiger partial charge in [-0.25, -0.2) is 0 Å². The average molecular weight is 700 g/mol. The molecule has 0 amide bonds. The van der Waals surface area contributed by atoms with E-state index in [0.29, 0.717) is 11.1 Å². The van der Waals surface area contributed by atoms with Crippen LogP contribution < -0.4 is 0 Å². The summed E-state index contributed by atoms with van der Waals surface area (Å²) >= 11 is 0. The van der Waals surface area contributed by atoms with Crippen LogP contribution in [-0.2, 0) is 0 Å². The molecule has 8 aromatic carbocycles. The second-order valence-corrected chi connectivity index (χ2v) is 14.0. The van der Waals surface area contributed by atoms with Crippen LogP contribution in [0.25, 0.3) is 93.6 Å². The first-order valence-electron chi connectivity index (χ1n) is 18.3. The van der Waals surface area contributed by atoms with Crippen LogP contribution in [0.1, 0.15) is 11.1 Å². The van der Waals surface area contributed by atoms with Crippen LogP contribution in [0, 0.1) is 22.7 Å². The maximum atomic E-state index is 11.3. The van der Waals surface area contributed by atoms with Crippen LogP contribution in [0.15, 0.2) is 176 Å². The Kier molecular flexibility index (Phi) is 6.61. The monoisotopic (exact) mass is 699 g/mol. The smallest absolute Gasteiger partial charge is 0.104 e. The largest absolute Gasteiger partial charge is 0.309 e. The number of rotatable bonds is 4. The third-order valence-electron chi connectivity index (χ3n) is 11.1. The van der Waals surface area contributed by atoms with Crippen LogP contribution in [0.5, 0.6) is 0 Å². The van der Waals surface area contributed by atoms with Gasteiger partial charge in [-0.05, 0) is 72.3 Å². The zero-order chi connectivity index (χ0) is 36.6. The summed E-state index contributed by atoms with van der Waals surface area (Å²) in [5, 5.41) is 28.4. The lowest BCUT2D eigenvalue weighted by Gasteiger charge is -2.20. The van der Waals surface area contributed by atoms with Gasteiger partial charge in [0.05, 0.1) is 61.8 Å².